The quantitative estimate of drug-likeness (QED) is 0.785. The SMILES string of the molecule is NC(=O)C1CCCN(c2ccc(NC(=O)C3CC(=O)N(c4ccccc4)C3)cn2)C1. The molecule has 8 nitrogen and oxygen atoms in total. The molecule has 0 spiro atoms. The molecule has 0 saturated carbocycles. The van der Waals surface area contributed by atoms with Crippen LogP contribution >= 0.6 is 0 Å². The molecule has 2 saturated heterocycles. The third-order valence-electron chi connectivity index (χ3n) is 5.73. The van der Waals surface area contributed by atoms with E-state index in [1.807, 2.05) is 41.3 Å². The van der Waals surface area contributed by atoms with Crippen molar-refractivity contribution in [2.24, 2.45) is 17.6 Å². The van der Waals surface area contributed by atoms with Crippen molar-refractivity contribution in [1.82, 2.24) is 4.98 Å². The third kappa shape index (κ3) is 4.27. The first-order valence-electron chi connectivity index (χ1n) is 10.2. The number of benzene rings is 1. The fourth-order valence-electron chi connectivity index (χ4n) is 4.05. The van der Waals surface area contributed by atoms with Gasteiger partial charge in [0.05, 0.1) is 23.7 Å². The van der Waals surface area contributed by atoms with Gasteiger partial charge in [-0.1, -0.05) is 18.2 Å². The Morgan fingerprint density at radius 3 is 2.57 bits per heavy atom. The van der Waals surface area contributed by atoms with Gasteiger partial charge in [0.25, 0.3) is 0 Å². The maximum absolute atomic E-state index is 12.7. The van der Waals surface area contributed by atoms with Gasteiger partial charge < -0.3 is 20.9 Å². The molecule has 1 aromatic heterocycles. The van der Waals surface area contributed by atoms with E-state index in [2.05, 4.69) is 10.3 Å². The van der Waals surface area contributed by atoms with Gasteiger partial charge in [-0.15, -0.1) is 0 Å². The minimum Gasteiger partial charge on any atom is -0.369 e. The summed E-state index contributed by atoms with van der Waals surface area (Å²) in [5.74, 6) is -0.334. The number of amides is 3. The van der Waals surface area contributed by atoms with Crippen molar-refractivity contribution in [3.63, 3.8) is 0 Å². The van der Waals surface area contributed by atoms with Gasteiger partial charge in [0.1, 0.15) is 5.82 Å². The number of hydrogen-bond donors (Lipinski definition) is 2. The number of carbonyl (C=O) groups is 3. The molecule has 0 radical (unpaired) electrons. The first kappa shape index (κ1) is 19.9. The van der Waals surface area contributed by atoms with Crippen LogP contribution < -0.4 is 20.9 Å². The molecule has 2 unspecified atom stereocenters. The fourth-order valence-corrected chi connectivity index (χ4v) is 4.05. The van der Waals surface area contributed by atoms with E-state index in [0.717, 1.165) is 30.9 Å². The average Bonchev–Trinajstić information content (AvgIpc) is 3.17. The normalized spacial score (nSPS) is 21.5. The van der Waals surface area contributed by atoms with Crippen LogP contribution in [0.1, 0.15) is 19.3 Å². The Hall–Kier alpha value is -3.42. The molecule has 2 aromatic rings. The second-order valence-corrected chi connectivity index (χ2v) is 7.82. The molecule has 2 fully saturated rings. The number of pyridine rings is 1. The number of anilines is 3. The molecule has 2 atom stereocenters. The molecule has 4 rings (SSSR count). The van der Waals surface area contributed by atoms with Gasteiger partial charge in [-0.05, 0) is 37.1 Å². The van der Waals surface area contributed by atoms with Crippen LogP contribution in [0, 0.1) is 11.8 Å². The average molecular weight is 407 g/mol. The van der Waals surface area contributed by atoms with Crippen LogP contribution in [0.15, 0.2) is 48.7 Å². The molecular weight excluding hydrogens is 382 g/mol. The highest BCUT2D eigenvalue weighted by Crippen LogP contribution is 2.26. The van der Waals surface area contributed by atoms with Crippen molar-refractivity contribution in [2.45, 2.75) is 19.3 Å². The van der Waals surface area contributed by atoms with Crippen molar-refractivity contribution < 1.29 is 14.4 Å². The lowest BCUT2D eigenvalue weighted by molar-refractivity contribution is -0.122. The standard InChI is InChI=1S/C22H25N5O3/c23-21(29)15-5-4-10-26(13-15)19-9-8-17(12-24-19)25-22(30)16-11-20(28)27(14-16)18-6-2-1-3-7-18/h1-3,6-9,12,15-16H,4-5,10-11,13-14H2,(H2,23,29)(H,25,30). The van der Waals surface area contributed by atoms with Gasteiger partial charge in [0.15, 0.2) is 0 Å². The van der Waals surface area contributed by atoms with Crippen molar-refractivity contribution >= 4 is 34.9 Å². The van der Waals surface area contributed by atoms with E-state index in [1.165, 1.54) is 0 Å². The van der Waals surface area contributed by atoms with Crippen molar-refractivity contribution in [1.29, 1.82) is 0 Å². The summed E-state index contributed by atoms with van der Waals surface area (Å²) >= 11 is 0. The molecule has 3 heterocycles. The van der Waals surface area contributed by atoms with E-state index < -0.39 is 5.92 Å². The highest BCUT2D eigenvalue weighted by atomic mass is 16.2. The number of hydrogen-bond acceptors (Lipinski definition) is 5. The summed E-state index contributed by atoms with van der Waals surface area (Å²) in [7, 11) is 0. The molecule has 0 bridgehead atoms. The molecule has 0 aliphatic carbocycles. The van der Waals surface area contributed by atoms with E-state index >= 15 is 0 Å². The summed E-state index contributed by atoms with van der Waals surface area (Å²) in [5.41, 5.74) is 6.83. The number of nitrogens with one attached hydrogen (secondary N) is 1. The topological polar surface area (TPSA) is 109 Å². The molecule has 156 valence electrons. The minimum absolute atomic E-state index is 0.0519. The largest absolute Gasteiger partial charge is 0.369 e. The number of rotatable bonds is 5. The second-order valence-electron chi connectivity index (χ2n) is 7.82. The first-order valence-corrected chi connectivity index (χ1v) is 10.2. The summed E-state index contributed by atoms with van der Waals surface area (Å²) in [6.45, 7) is 1.75. The Bertz CT molecular complexity index is 932. The molecule has 2 aliphatic heterocycles. The smallest absolute Gasteiger partial charge is 0.229 e. The lowest BCUT2D eigenvalue weighted by atomic mass is 9.97. The van der Waals surface area contributed by atoms with Crippen molar-refractivity contribution in [3.05, 3.63) is 48.7 Å². The van der Waals surface area contributed by atoms with Crippen molar-refractivity contribution in [3.8, 4) is 0 Å². The van der Waals surface area contributed by atoms with E-state index in [9.17, 15) is 14.4 Å². The third-order valence-corrected chi connectivity index (χ3v) is 5.73. The number of primary amides is 1. The number of aromatic nitrogens is 1. The minimum atomic E-state index is -0.407. The van der Waals surface area contributed by atoms with Crippen LogP contribution in [-0.4, -0.2) is 42.3 Å². The van der Waals surface area contributed by atoms with Crippen LogP contribution in [0.3, 0.4) is 0 Å². The Labute approximate surface area is 175 Å². The molecule has 3 N–H and O–H groups in total. The van der Waals surface area contributed by atoms with Crippen molar-refractivity contribution in [2.75, 3.05) is 34.8 Å². The van der Waals surface area contributed by atoms with Gasteiger partial charge in [0, 0.05) is 31.7 Å². The van der Waals surface area contributed by atoms with Gasteiger partial charge in [0.2, 0.25) is 17.7 Å². The number of piperidine rings is 1. The van der Waals surface area contributed by atoms with Crippen LogP contribution in [0.25, 0.3) is 0 Å². The van der Waals surface area contributed by atoms with Gasteiger partial charge in [-0.2, -0.15) is 0 Å². The summed E-state index contributed by atoms with van der Waals surface area (Å²) in [6, 6.07) is 13.0. The number of carbonyl (C=O) groups excluding carboxylic acids is 3. The number of nitrogens with two attached hydrogens (primary N) is 1. The van der Waals surface area contributed by atoms with Crippen LogP contribution in [0.2, 0.25) is 0 Å². The lowest BCUT2D eigenvalue weighted by Gasteiger charge is -2.32. The zero-order chi connectivity index (χ0) is 21.1. The highest BCUT2D eigenvalue weighted by molar-refractivity contribution is 6.03. The molecule has 30 heavy (non-hydrogen) atoms. The molecule has 3 amide bonds. The Morgan fingerprint density at radius 1 is 1.07 bits per heavy atom. The molecular formula is C22H25N5O3. The van der Waals surface area contributed by atoms with Gasteiger partial charge in [-0.25, -0.2) is 4.98 Å². The molecule has 2 aliphatic rings. The summed E-state index contributed by atoms with van der Waals surface area (Å²) in [4.78, 5) is 44.6. The monoisotopic (exact) mass is 407 g/mol. The Kier molecular flexibility index (Phi) is 5.65. The lowest BCUT2D eigenvalue weighted by Crippen LogP contribution is -2.41. The number of nitrogens with zero attached hydrogens (tertiary/aromatic N) is 3. The molecule has 1 aromatic carbocycles. The van der Waals surface area contributed by atoms with Gasteiger partial charge in [-0.3, -0.25) is 14.4 Å². The second kappa shape index (κ2) is 8.52. The van der Waals surface area contributed by atoms with Crippen LogP contribution in [0.4, 0.5) is 17.2 Å². The highest BCUT2D eigenvalue weighted by Gasteiger charge is 2.35. The summed E-state index contributed by atoms with van der Waals surface area (Å²) < 4.78 is 0. The predicted octanol–water partition coefficient (Wildman–Crippen LogP) is 1.77. The van der Waals surface area contributed by atoms with Crippen LogP contribution in [0.5, 0.6) is 0 Å². The summed E-state index contributed by atoms with van der Waals surface area (Å²) in [6.07, 6.45) is 3.49. The molecule has 8 heteroatoms. The van der Waals surface area contributed by atoms with Gasteiger partial charge >= 0.3 is 0 Å². The maximum Gasteiger partial charge on any atom is 0.229 e. The predicted molar refractivity (Wildman–Crippen MR) is 114 cm³/mol. The zero-order valence-electron chi connectivity index (χ0n) is 16.7. The Balaban J connectivity index is 1.36. The fraction of sp³-hybridized carbons (Fsp3) is 0.364. The van der Waals surface area contributed by atoms with Crippen LogP contribution in [-0.2, 0) is 14.4 Å². The number of para-hydroxylation sites is 1. The van der Waals surface area contributed by atoms with E-state index in [4.69, 9.17) is 5.73 Å². The Morgan fingerprint density at radius 2 is 1.87 bits per heavy atom. The van der Waals surface area contributed by atoms with E-state index in [-0.39, 0.29) is 30.1 Å². The zero-order valence-corrected chi connectivity index (χ0v) is 16.7. The first-order chi connectivity index (χ1) is 14.5. The van der Waals surface area contributed by atoms with E-state index in [1.54, 1.807) is 17.2 Å². The maximum atomic E-state index is 12.7. The summed E-state index contributed by atoms with van der Waals surface area (Å²) in [5, 5.41) is 2.86. The van der Waals surface area contributed by atoms with E-state index in [0.29, 0.717) is 18.8 Å².